The van der Waals surface area contributed by atoms with Crippen LogP contribution in [0.1, 0.15) is 36.8 Å². The van der Waals surface area contributed by atoms with Gasteiger partial charge in [-0.1, -0.05) is 49.7 Å². The first-order chi connectivity index (χ1) is 7.81. The lowest BCUT2D eigenvalue weighted by Gasteiger charge is -2.13. The maximum atomic E-state index is 4.29. The normalized spacial score (nSPS) is 16.8. The van der Waals surface area contributed by atoms with Gasteiger partial charge in [0.25, 0.3) is 0 Å². The predicted octanol–water partition coefficient (Wildman–Crippen LogP) is 3.22. The Hall–Kier alpha value is -0.823. The van der Waals surface area contributed by atoms with Gasteiger partial charge in [-0.05, 0) is 41.9 Å². The summed E-state index contributed by atoms with van der Waals surface area (Å²) in [5.41, 5.74) is 4.22. The van der Waals surface area contributed by atoms with E-state index in [0.717, 1.165) is 5.92 Å². The number of allylic oxidation sites excluding steroid dienone is 1. The summed E-state index contributed by atoms with van der Waals surface area (Å²) in [6, 6.07) is 10.5. The maximum absolute atomic E-state index is 4.29. The molecule has 1 aromatic rings. The molecule has 0 atom stereocenters. The van der Waals surface area contributed by atoms with E-state index in [-0.39, 0.29) is 0 Å². The Morgan fingerprint density at radius 1 is 1.19 bits per heavy atom. The minimum Gasteiger partial charge on any atom is -0.0950 e. The minimum absolute atomic E-state index is 0.754. The van der Waals surface area contributed by atoms with Gasteiger partial charge in [-0.25, -0.2) is 0 Å². The molecular formula is C15H22Si. The summed E-state index contributed by atoms with van der Waals surface area (Å²) in [5, 5.41) is 0. The molecule has 86 valence electrons. The number of aryl methyl sites for hydroxylation is 1. The molecule has 0 unspecified atom stereocenters. The fourth-order valence-electron chi connectivity index (χ4n) is 2.68. The van der Waals surface area contributed by atoms with Crippen molar-refractivity contribution in [1.29, 1.82) is 0 Å². The zero-order chi connectivity index (χ0) is 11.4. The van der Waals surface area contributed by atoms with Crippen molar-refractivity contribution in [3.05, 3.63) is 42.0 Å². The van der Waals surface area contributed by atoms with Crippen molar-refractivity contribution in [2.75, 3.05) is 0 Å². The van der Waals surface area contributed by atoms with Crippen LogP contribution < -0.4 is 0 Å². The first-order valence-electron chi connectivity index (χ1n) is 6.59. The van der Waals surface area contributed by atoms with E-state index < -0.39 is 0 Å². The highest BCUT2D eigenvalue weighted by atomic mass is 28.1. The third-order valence-electron chi connectivity index (χ3n) is 3.71. The second-order valence-electron chi connectivity index (χ2n) is 4.95. The molecule has 16 heavy (non-hydrogen) atoms. The first-order valence-corrected chi connectivity index (χ1v) is 8.00. The van der Waals surface area contributed by atoms with Crippen LogP contribution in [-0.2, 0) is 6.42 Å². The average molecular weight is 230 g/mol. The first kappa shape index (κ1) is 11.7. The summed E-state index contributed by atoms with van der Waals surface area (Å²) < 4.78 is 0. The molecule has 1 aromatic carbocycles. The number of hydrogen-bond donors (Lipinski definition) is 0. The molecule has 0 spiro atoms. The summed E-state index contributed by atoms with van der Waals surface area (Å²) >= 11 is 0. The molecule has 0 radical (unpaired) electrons. The molecule has 0 saturated heterocycles. The van der Waals surface area contributed by atoms with Crippen LogP contribution in [-0.4, -0.2) is 10.2 Å². The molecule has 0 amide bonds. The van der Waals surface area contributed by atoms with E-state index in [0.29, 0.717) is 0 Å². The SMILES string of the molecule is C=C(c1ccc(CC[SiH3])cc1)C1CCCC1. The average Bonchev–Trinajstić information content (AvgIpc) is 2.83. The van der Waals surface area contributed by atoms with E-state index in [1.165, 1.54) is 65.1 Å². The van der Waals surface area contributed by atoms with Crippen molar-refractivity contribution in [1.82, 2.24) is 0 Å². The van der Waals surface area contributed by atoms with Gasteiger partial charge in [0.1, 0.15) is 0 Å². The van der Waals surface area contributed by atoms with Gasteiger partial charge in [0, 0.05) is 10.2 Å². The molecule has 1 heteroatoms. The van der Waals surface area contributed by atoms with Gasteiger partial charge in [-0.2, -0.15) is 0 Å². The van der Waals surface area contributed by atoms with Gasteiger partial charge < -0.3 is 0 Å². The van der Waals surface area contributed by atoms with Crippen molar-refractivity contribution in [2.24, 2.45) is 5.92 Å². The molecular weight excluding hydrogens is 208 g/mol. The van der Waals surface area contributed by atoms with Crippen LogP contribution in [0.3, 0.4) is 0 Å². The van der Waals surface area contributed by atoms with Crippen LogP contribution in [0.2, 0.25) is 6.04 Å². The lowest BCUT2D eigenvalue weighted by Crippen LogP contribution is -1.96. The molecule has 1 aliphatic rings. The second kappa shape index (κ2) is 5.49. The molecule has 1 fully saturated rings. The Morgan fingerprint density at radius 3 is 2.38 bits per heavy atom. The second-order valence-corrected chi connectivity index (χ2v) is 5.95. The fraction of sp³-hybridized carbons (Fsp3) is 0.467. The van der Waals surface area contributed by atoms with Gasteiger partial charge in [0.2, 0.25) is 0 Å². The third-order valence-corrected chi connectivity index (χ3v) is 4.21. The summed E-state index contributed by atoms with van der Waals surface area (Å²) in [7, 11) is 1.31. The van der Waals surface area contributed by atoms with Crippen molar-refractivity contribution >= 4 is 15.8 Å². The highest BCUT2D eigenvalue weighted by molar-refractivity contribution is 6.08. The van der Waals surface area contributed by atoms with E-state index in [1.807, 2.05) is 0 Å². The molecule has 1 aliphatic carbocycles. The lowest BCUT2D eigenvalue weighted by atomic mass is 9.92. The molecule has 1 saturated carbocycles. The van der Waals surface area contributed by atoms with Crippen LogP contribution in [0.25, 0.3) is 5.57 Å². The van der Waals surface area contributed by atoms with Crippen LogP contribution in [0.15, 0.2) is 30.8 Å². The van der Waals surface area contributed by atoms with Crippen LogP contribution in [0.5, 0.6) is 0 Å². The van der Waals surface area contributed by atoms with Gasteiger partial charge >= 0.3 is 0 Å². The van der Waals surface area contributed by atoms with E-state index in [2.05, 4.69) is 30.8 Å². The summed E-state index contributed by atoms with van der Waals surface area (Å²) in [6.07, 6.45) is 6.73. The standard InChI is InChI=1S/C15H22Si/c1-12(14-4-2-3-5-14)15-8-6-13(7-9-15)10-11-16/h6-9,14H,1-5,10-11H2,16H3. The molecule has 0 nitrogen and oxygen atoms in total. The summed E-state index contributed by atoms with van der Waals surface area (Å²) in [5.74, 6) is 0.754. The van der Waals surface area contributed by atoms with Crippen molar-refractivity contribution in [3.8, 4) is 0 Å². The zero-order valence-electron chi connectivity index (χ0n) is 10.3. The quantitative estimate of drug-likeness (QED) is 0.697. The Labute approximate surface area is 102 Å². The van der Waals surface area contributed by atoms with Crippen molar-refractivity contribution < 1.29 is 0 Å². The van der Waals surface area contributed by atoms with Crippen LogP contribution in [0.4, 0.5) is 0 Å². The van der Waals surface area contributed by atoms with Gasteiger partial charge in [-0.15, -0.1) is 0 Å². The summed E-state index contributed by atoms with van der Waals surface area (Å²) in [6.45, 7) is 4.29. The monoisotopic (exact) mass is 230 g/mol. The zero-order valence-corrected chi connectivity index (χ0v) is 12.3. The fourth-order valence-corrected chi connectivity index (χ4v) is 3.26. The van der Waals surface area contributed by atoms with Gasteiger partial charge in [-0.3, -0.25) is 0 Å². The predicted molar refractivity (Wildman–Crippen MR) is 75.9 cm³/mol. The number of hydrogen-bond acceptors (Lipinski definition) is 0. The van der Waals surface area contributed by atoms with E-state index in [4.69, 9.17) is 0 Å². The van der Waals surface area contributed by atoms with E-state index in [9.17, 15) is 0 Å². The topological polar surface area (TPSA) is 0 Å². The molecule has 0 aliphatic heterocycles. The molecule has 0 heterocycles. The highest BCUT2D eigenvalue weighted by Gasteiger charge is 2.18. The van der Waals surface area contributed by atoms with Crippen molar-refractivity contribution in [3.63, 3.8) is 0 Å². The lowest BCUT2D eigenvalue weighted by molar-refractivity contribution is 0.707. The Bertz CT molecular complexity index is 344. The Morgan fingerprint density at radius 2 is 1.81 bits per heavy atom. The number of rotatable bonds is 4. The Kier molecular flexibility index (Phi) is 4.00. The van der Waals surface area contributed by atoms with Crippen molar-refractivity contribution in [2.45, 2.75) is 38.1 Å². The third kappa shape index (κ3) is 2.65. The van der Waals surface area contributed by atoms with E-state index in [1.54, 1.807) is 0 Å². The maximum Gasteiger partial charge on any atom is 0.00321 e. The molecule has 2 rings (SSSR count). The molecule has 0 aromatic heterocycles. The Balaban J connectivity index is 2.05. The smallest absolute Gasteiger partial charge is 0.00321 e. The highest BCUT2D eigenvalue weighted by Crippen LogP contribution is 2.35. The van der Waals surface area contributed by atoms with Gasteiger partial charge in [0.05, 0.1) is 0 Å². The van der Waals surface area contributed by atoms with Gasteiger partial charge in [0.15, 0.2) is 0 Å². The van der Waals surface area contributed by atoms with Crippen LogP contribution >= 0.6 is 0 Å². The number of benzene rings is 1. The van der Waals surface area contributed by atoms with E-state index >= 15 is 0 Å². The summed E-state index contributed by atoms with van der Waals surface area (Å²) in [4.78, 5) is 0. The minimum atomic E-state index is 0.754. The largest absolute Gasteiger partial charge is 0.0950 e. The molecule has 0 N–H and O–H groups in total. The molecule has 0 bridgehead atoms. The van der Waals surface area contributed by atoms with Crippen LogP contribution in [0, 0.1) is 5.92 Å².